The van der Waals surface area contributed by atoms with Crippen molar-refractivity contribution >= 4 is 15.9 Å². The van der Waals surface area contributed by atoms with Gasteiger partial charge in [-0.25, -0.2) is 0 Å². The number of methoxy groups -OCH3 is 1. The minimum atomic E-state index is 0.151. The molecule has 2 nitrogen and oxygen atoms in total. The number of aryl methyl sites for hydroxylation is 1. The summed E-state index contributed by atoms with van der Waals surface area (Å²) in [7, 11) is 1.69. The van der Waals surface area contributed by atoms with Gasteiger partial charge in [0, 0.05) is 16.1 Å². The fourth-order valence-corrected chi connectivity index (χ4v) is 2.38. The first-order valence-electron chi connectivity index (χ1n) is 4.34. The minimum Gasteiger partial charge on any atom is -0.496 e. The first-order valence-corrected chi connectivity index (χ1v) is 5.13. The largest absolute Gasteiger partial charge is 0.496 e. The molecule has 0 aromatic heterocycles. The first kappa shape index (κ1) is 9.03. The molecule has 0 spiro atoms. The van der Waals surface area contributed by atoms with E-state index >= 15 is 0 Å². The van der Waals surface area contributed by atoms with Crippen LogP contribution >= 0.6 is 15.9 Å². The predicted molar refractivity (Wildman–Crippen MR) is 55.9 cm³/mol. The lowest BCUT2D eigenvalue weighted by Gasteiger charge is -2.11. The van der Waals surface area contributed by atoms with E-state index in [9.17, 15) is 0 Å². The highest BCUT2D eigenvalue weighted by Gasteiger charge is 2.23. The van der Waals surface area contributed by atoms with Gasteiger partial charge in [0.05, 0.1) is 7.11 Å². The van der Waals surface area contributed by atoms with Crippen molar-refractivity contribution in [1.82, 2.24) is 0 Å². The molecule has 70 valence electrons. The summed E-state index contributed by atoms with van der Waals surface area (Å²) >= 11 is 3.46. The van der Waals surface area contributed by atoms with Gasteiger partial charge in [0.1, 0.15) is 5.75 Å². The zero-order chi connectivity index (χ0) is 9.42. The third-order valence-electron chi connectivity index (χ3n) is 2.51. The van der Waals surface area contributed by atoms with E-state index in [0.29, 0.717) is 0 Å². The van der Waals surface area contributed by atoms with Crippen LogP contribution in [0.15, 0.2) is 16.6 Å². The molecule has 1 aromatic carbocycles. The highest BCUT2D eigenvalue weighted by molar-refractivity contribution is 9.10. The van der Waals surface area contributed by atoms with Crippen molar-refractivity contribution in [1.29, 1.82) is 0 Å². The molecule has 0 bridgehead atoms. The van der Waals surface area contributed by atoms with Crippen molar-refractivity contribution in [2.75, 3.05) is 7.11 Å². The topological polar surface area (TPSA) is 35.2 Å². The molecule has 0 radical (unpaired) electrons. The molecule has 2 N–H and O–H groups in total. The Kier molecular flexibility index (Phi) is 2.30. The molecule has 0 saturated heterocycles. The summed E-state index contributed by atoms with van der Waals surface area (Å²) in [6.45, 7) is 0. The Hall–Kier alpha value is -0.540. The number of hydrogen-bond acceptors (Lipinski definition) is 2. The lowest BCUT2D eigenvalue weighted by Crippen LogP contribution is -2.06. The molecule has 0 amide bonds. The first-order chi connectivity index (χ1) is 6.22. The van der Waals surface area contributed by atoms with Gasteiger partial charge in [-0.1, -0.05) is 15.9 Å². The molecular weight excluding hydrogens is 230 g/mol. The molecule has 0 unspecified atom stereocenters. The van der Waals surface area contributed by atoms with Crippen LogP contribution in [0.25, 0.3) is 0 Å². The Bertz CT molecular complexity index is 338. The van der Waals surface area contributed by atoms with Crippen LogP contribution in [-0.2, 0) is 6.42 Å². The van der Waals surface area contributed by atoms with Crippen molar-refractivity contribution in [3.05, 3.63) is 27.7 Å². The van der Waals surface area contributed by atoms with Crippen LogP contribution in [0.1, 0.15) is 23.6 Å². The molecular formula is C10H12BrNO. The Morgan fingerprint density at radius 2 is 2.31 bits per heavy atom. The smallest absolute Gasteiger partial charge is 0.125 e. The molecule has 0 fully saturated rings. The summed E-state index contributed by atoms with van der Waals surface area (Å²) in [4.78, 5) is 0. The van der Waals surface area contributed by atoms with E-state index in [1.54, 1.807) is 7.11 Å². The zero-order valence-corrected chi connectivity index (χ0v) is 9.10. The predicted octanol–water partition coefficient (Wildman–Crippen LogP) is 2.40. The lowest BCUT2D eigenvalue weighted by molar-refractivity contribution is 0.406. The maximum atomic E-state index is 5.98. The second-order valence-corrected chi connectivity index (χ2v) is 4.24. The van der Waals surface area contributed by atoms with E-state index in [2.05, 4.69) is 22.0 Å². The van der Waals surface area contributed by atoms with Gasteiger partial charge in [-0.2, -0.15) is 0 Å². The average molecular weight is 242 g/mol. The molecule has 3 heteroatoms. The van der Waals surface area contributed by atoms with Gasteiger partial charge in [-0.15, -0.1) is 0 Å². The van der Waals surface area contributed by atoms with Crippen LogP contribution in [-0.4, -0.2) is 7.11 Å². The molecule has 13 heavy (non-hydrogen) atoms. The second kappa shape index (κ2) is 3.31. The quantitative estimate of drug-likeness (QED) is 0.820. The Morgan fingerprint density at radius 3 is 3.00 bits per heavy atom. The number of halogens is 1. The van der Waals surface area contributed by atoms with E-state index in [1.807, 2.05) is 6.07 Å². The Labute approximate surface area is 86.2 Å². The molecule has 2 rings (SSSR count). The molecule has 1 atom stereocenters. The van der Waals surface area contributed by atoms with Gasteiger partial charge in [-0.3, -0.25) is 0 Å². The Balaban J connectivity index is 2.57. The van der Waals surface area contributed by atoms with Crippen molar-refractivity contribution in [2.24, 2.45) is 5.73 Å². The van der Waals surface area contributed by atoms with Gasteiger partial charge >= 0.3 is 0 Å². The number of rotatable bonds is 1. The van der Waals surface area contributed by atoms with Crippen molar-refractivity contribution in [3.63, 3.8) is 0 Å². The molecule has 1 aliphatic rings. The zero-order valence-electron chi connectivity index (χ0n) is 7.51. The highest BCUT2D eigenvalue weighted by Crippen LogP contribution is 2.38. The number of ether oxygens (including phenoxy) is 1. The SMILES string of the molecule is COc1cc(Br)cc2c1[C@H](N)CC2. The fourth-order valence-electron chi connectivity index (χ4n) is 1.90. The standard InChI is InChI=1S/C10H12BrNO/c1-13-9-5-7(11)4-6-2-3-8(12)10(6)9/h4-5,8H,2-3,12H2,1H3/t8-/m1/s1. The monoisotopic (exact) mass is 241 g/mol. The van der Waals surface area contributed by atoms with Gasteiger partial charge in [0.25, 0.3) is 0 Å². The Morgan fingerprint density at radius 1 is 1.54 bits per heavy atom. The molecule has 1 aromatic rings. The fraction of sp³-hybridized carbons (Fsp3) is 0.400. The van der Waals surface area contributed by atoms with Gasteiger partial charge in [0.2, 0.25) is 0 Å². The lowest BCUT2D eigenvalue weighted by atomic mass is 10.1. The van der Waals surface area contributed by atoms with Crippen LogP contribution in [0.2, 0.25) is 0 Å². The summed E-state index contributed by atoms with van der Waals surface area (Å²) in [6, 6.07) is 4.26. The van der Waals surface area contributed by atoms with E-state index in [0.717, 1.165) is 23.1 Å². The van der Waals surface area contributed by atoms with E-state index in [4.69, 9.17) is 10.5 Å². The maximum Gasteiger partial charge on any atom is 0.125 e. The van der Waals surface area contributed by atoms with Crippen molar-refractivity contribution in [3.8, 4) is 5.75 Å². The maximum absolute atomic E-state index is 5.98. The molecule has 0 aliphatic heterocycles. The summed E-state index contributed by atoms with van der Waals surface area (Å²) in [5.74, 6) is 0.911. The third-order valence-corrected chi connectivity index (χ3v) is 2.97. The van der Waals surface area contributed by atoms with E-state index in [1.165, 1.54) is 11.1 Å². The van der Waals surface area contributed by atoms with Gasteiger partial charge < -0.3 is 10.5 Å². The summed E-state index contributed by atoms with van der Waals surface area (Å²) < 4.78 is 6.37. The minimum absolute atomic E-state index is 0.151. The summed E-state index contributed by atoms with van der Waals surface area (Å²) in [6.07, 6.45) is 2.09. The number of benzene rings is 1. The van der Waals surface area contributed by atoms with Crippen LogP contribution in [0.5, 0.6) is 5.75 Å². The van der Waals surface area contributed by atoms with Crippen molar-refractivity contribution in [2.45, 2.75) is 18.9 Å². The number of fused-ring (bicyclic) bond motifs is 1. The third kappa shape index (κ3) is 1.46. The van der Waals surface area contributed by atoms with E-state index < -0.39 is 0 Å². The van der Waals surface area contributed by atoms with Gasteiger partial charge in [-0.05, 0) is 30.5 Å². The van der Waals surface area contributed by atoms with Crippen LogP contribution < -0.4 is 10.5 Å². The van der Waals surface area contributed by atoms with E-state index in [-0.39, 0.29) is 6.04 Å². The highest BCUT2D eigenvalue weighted by atomic mass is 79.9. The molecule has 0 saturated carbocycles. The molecule has 1 aliphatic carbocycles. The summed E-state index contributed by atoms with van der Waals surface area (Å²) in [5.41, 5.74) is 8.48. The van der Waals surface area contributed by atoms with Crippen LogP contribution in [0, 0.1) is 0 Å². The van der Waals surface area contributed by atoms with Crippen LogP contribution in [0.3, 0.4) is 0 Å². The number of hydrogen-bond donors (Lipinski definition) is 1. The normalized spacial score (nSPS) is 20.1. The van der Waals surface area contributed by atoms with Crippen LogP contribution in [0.4, 0.5) is 0 Å². The summed E-state index contributed by atoms with van der Waals surface area (Å²) in [5, 5.41) is 0. The second-order valence-electron chi connectivity index (χ2n) is 3.33. The number of nitrogens with two attached hydrogens (primary N) is 1. The van der Waals surface area contributed by atoms with Crippen molar-refractivity contribution < 1.29 is 4.74 Å². The van der Waals surface area contributed by atoms with Gasteiger partial charge in [0.15, 0.2) is 0 Å². The average Bonchev–Trinajstić information content (AvgIpc) is 2.46. The molecule has 0 heterocycles.